The molecule has 0 radical (unpaired) electrons. The zero-order valence-corrected chi connectivity index (χ0v) is 12.6. The first-order valence-corrected chi connectivity index (χ1v) is 7.37. The third-order valence-electron chi connectivity index (χ3n) is 4.83. The van der Waals surface area contributed by atoms with Crippen molar-refractivity contribution in [3.8, 4) is 0 Å². The summed E-state index contributed by atoms with van der Waals surface area (Å²) in [5.74, 6) is 0.221. The number of ether oxygens (including phenoxy) is 1. The van der Waals surface area contributed by atoms with Crippen LogP contribution in [0.5, 0.6) is 0 Å². The molecular weight excluding hydrogens is 240 g/mol. The first-order valence-electron chi connectivity index (χ1n) is 7.37. The Kier molecular flexibility index (Phi) is 6.05. The van der Waals surface area contributed by atoms with Gasteiger partial charge in [-0.1, -0.05) is 39.7 Å². The standard InChI is InChI=1S/C16H28O3/c1-12(2)15(18)19-11-14(4)16(13(3)10-17)8-6-5-7-9-16/h13-14,17H,1,5-11H2,2-4H3. The van der Waals surface area contributed by atoms with Gasteiger partial charge < -0.3 is 9.84 Å². The monoisotopic (exact) mass is 268 g/mol. The molecule has 19 heavy (non-hydrogen) atoms. The molecule has 110 valence electrons. The van der Waals surface area contributed by atoms with Crippen molar-refractivity contribution in [3.05, 3.63) is 12.2 Å². The van der Waals surface area contributed by atoms with Crippen LogP contribution in [-0.2, 0) is 9.53 Å². The highest BCUT2D eigenvalue weighted by atomic mass is 16.5. The van der Waals surface area contributed by atoms with E-state index in [4.69, 9.17) is 4.74 Å². The Balaban J connectivity index is 2.69. The summed E-state index contributed by atoms with van der Waals surface area (Å²) in [4.78, 5) is 11.5. The number of carbonyl (C=O) groups excluding carboxylic acids is 1. The molecule has 0 bridgehead atoms. The van der Waals surface area contributed by atoms with Crippen molar-refractivity contribution in [2.24, 2.45) is 17.3 Å². The second kappa shape index (κ2) is 7.09. The molecule has 0 aromatic carbocycles. The second-order valence-corrected chi connectivity index (χ2v) is 6.16. The van der Waals surface area contributed by atoms with Gasteiger partial charge in [0.05, 0.1) is 6.61 Å². The Morgan fingerprint density at radius 2 is 1.84 bits per heavy atom. The van der Waals surface area contributed by atoms with Gasteiger partial charge in [0, 0.05) is 12.2 Å². The van der Waals surface area contributed by atoms with Crippen molar-refractivity contribution < 1.29 is 14.6 Å². The predicted molar refractivity (Wildman–Crippen MR) is 76.7 cm³/mol. The van der Waals surface area contributed by atoms with Crippen molar-refractivity contribution in [1.82, 2.24) is 0 Å². The molecule has 1 aliphatic rings. The lowest BCUT2D eigenvalue weighted by Gasteiger charge is -2.46. The molecule has 1 fully saturated rings. The summed E-state index contributed by atoms with van der Waals surface area (Å²) in [7, 11) is 0. The van der Waals surface area contributed by atoms with Crippen LogP contribution >= 0.6 is 0 Å². The van der Waals surface area contributed by atoms with Gasteiger partial charge in [0.15, 0.2) is 0 Å². The molecule has 2 atom stereocenters. The van der Waals surface area contributed by atoms with Crippen molar-refractivity contribution in [3.63, 3.8) is 0 Å². The number of aliphatic hydroxyl groups is 1. The van der Waals surface area contributed by atoms with Gasteiger partial charge in [0.2, 0.25) is 0 Å². The van der Waals surface area contributed by atoms with E-state index in [1.807, 2.05) is 0 Å². The molecule has 1 N–H and O–H groups in total. The minimum Gasteiger partial charge on any atom is -0.462 e. The van der Waals surface area contributed by atoms with Crippen molar-refractivity contribution in [1.29, 1.82) is 0 Å². The van der Waals surface area contributed by atoms with Gasteiger partial charge >= 0.3 is 5.97 Å². The number of rotatable bonds is 6. The highest BCUT2D eigenvalue weighted by molar-refractivity contribution is 5.86. The Hall–Kier alpha value is -0.830. The quantitative estimate of drug-likeness (QED) is 0.594. The van der Waals surface area contributed by atoms with E-state index in [0.717, 1.165) is 12.8 Å². The Morgan fingerprint density at radius 3 is 2.32 bits per heavy atom. The van der Waals surface area contributed by atoms with Crippen molar-refractivity contribution in [2.45, 2.75) is 52.9 Å². The molecule has 0 heterocycles. The minimum absolute atomic E-state index is 0.113. The minimum atomic E-state index is -0.311. The van der Waals surface area contributed by atoms with Gasteiger partial charge in [-0.3, -0.25) is 0 Å². The lowest BCUT2D eigenvalue weighted by atomic mass is 9.60. The molecule has 2 unspecified atom stereocenters. The molecule has 0 aromatic heterocycles. The maximum Gasteiger partial charge on any atom is 0.333 e. The summed E-state index contributed by atoms with van der Waals surface area (Å²) in [6.45, 7) is 10.2. The van der Waals surface area contributed by atoms with E-state index >= 15 is 0 Å². The first-order chi connectivity index (χ1) is 8.94. The van der Waals surface area contributed by atoms with E-state index in [1.54, 1.807) is 6.92 Å². The number of carbonyl (C=O) groups is 1. The largest absolute Gasteiger partial charge is 0.462 e. The van der Waals surface area contributed by atoms with E-state index in [1.165, 1.54) is 19.3 Å². The molecule has 0 saturated heterocycles. The predicted octanol–water partition coefficient (Wildman–Crippen LogP) is 3.32. The molecule has 1 saturated carbocycles. The van der Waals surface area contributed by atoms with Crippen LogP contribution < -0.4 is 0 Å². The van der Waals surface area contributed by atoms with Gasteiger partial charge in [-0.05, 0) is 37.0 Å². The summed E-state index contributed by atoms with van der Waals surface area (Å²) in [5.41, 5.74) is 0.558. The lowest BCUT2D eigenvalue weighted by Crippen LogP contribution is -2.41. The van der Waals surface area contributed by atoms with Crippen LogP contribution in [0.15, 0.2) is 12.2 Å². The lowest BCUT2D eigenvalue weighted by molar-refractivity contribution is -0.143. The SMILES string of the molecule is C=C(C)C(=O)OCC(C)C1(C(C)CO)CCCCC1. The summed E-state index contributed by atoms with van der Waals surface area (Å²) in [5, 5.41) is 9.54. The smallest absolute Gasteiger partial charge is 0.333 e. The molecule has 0 aliphatic heterocycles. The van der Waals surface area contributed by atoms with Gasteiger partial charge in [0.1, 0.15) is 0 Å². The van der Waals surface area contributed by atoms with E-state index in [-0.39, 0.29) is 29.8 Å². The maximum atomic E-state index is 11.5. The Bertz CT molecular complexity index is 316. The first kappa shape index (κ1) is 16.2. The molecular formula is C16H28O3. The highest BCUT2D eigenvalue weighted by Gasteiger charge is 2.42. The third kappa shape index (κ3) is 3.82. The summed E-state index contributed by atoms with van der Waals surface area (Å²) < 4.78 is 5.32. The van der Waals surface area contributed by atoms with E-state index in [2.05, 4.69) is 20.4 Å². The van der Waals surface area contributed by atoms with Crippen LogP contribution in [0.3, 0.4) is 0 Å². The van der Waals surface area contributed by atoms with E-state index in [0.29, 0.717) is 12.2 Å². The summed E-state index contributed by atoms with van der Waals surface area (Å²) in [6.07, 6.45) is 5.95. The average molecular weight is 268 g/mol. The van der Waals surface area contributed by atoms with E-state index < -0.39 is 0 Å². The molecule has 3 nitrogen and oxygen atoms in total. The maximum absolute atomic E-state index is 11.5. The van der Waals surface area contributed by atoms with Crippen molar-refractivity contribution >= 4 is 5.97 Å². The fraction of sp³-hybridized carbons (Fsp3) is 0.812. The zero-order chi connectivity index (χ0) is 14.5. The van der Waals surface area contributed by atoms with Crippen LogP contribution in [0.1, 0.15) is 52.9 Å². The van der Waals surface area contributed by atoms with Crippen LogP contribution in [-0.4, -0.2) is 24.3 Å². The Labute approximate surface area is 117 Å². The number of esters is 1. The van der Waals surface area contributed by atoms with Crippen LogP contribution in [0.25, 0.3) is 0 Å². The topological polar surface area (TPSA) is 46.5 Å². The van der Waals surface area contributed by atoms with Gasteiger partial charge in [-0.15, -0.1) is 0 Å². The van der Waals surface area contributed by atoms with Gasteiger partial charge in [0.25, 0.3) is 0 Å². The zero-order valence-electron chi connectivity index (χ0n) is 12.6. The van der Waals surface area contributed by atoms with E-state index in [9.17, 15) is 9.90 Å². The summed E-state index contributed by atoms with van der Waals surface area (Å²) in [6, 6.07) is 0. The molecule has 3 heteroatoms. The highest BCUT2D eigenvalue weighted by Crippen LogP contribution is 2.48. The third-order valence-corrected chi connectivity index (χ3v) is 4.83. The van der Waals surface area contributed by atoms with Crippen LogP contribution in [0, 0.1) is 17.3 Å². The number of hydrogen-bond donors (Lipinski definition) is 1. The van der Waals surface area contributed by atoms with Gasteiger partial charge in [-0.2, -0.15) is 0 Å². The fourth-order valence-electron chi connectivity index (χ4n) is 3.35. The average Bonchev–Trinajstić information content (AvgIpc) is 2.43. The fourth-order valence-corrected chi connectivity index (χ4v) is 3.35. The van der Waals surface area contributed by atoms with Gasteiger partial charge in [-0.25, -0.2) is 4.79 Å². The second-order valence-electron chi connectivity index (χ2n) is 6.16. The molecule has 1 rings (SSSR count). The normalized spacial score (nSPS) is 21.5. The molecule has 1 aliphatic carbocycles. The Morgan fingerprint density at radius 1 is 1.26 bits per heavy atom. The summed E-state index contributed by atoms with van der Waals surface area (Å²) >= 11 is 0. The molecule has 0 aromatic rings. The molecule has 0 spiro atoms. The number of aliphatic hydroxyl groups excluding tert-OH is 1. The molecule has 0 amide bonds. The number of hydrogen-bond acceptors (Lipinski definition) is 3. The van der Waals surface area contributed by atoms with Crippen LogP contribution in [0.4, 0.5) is 0 Å². The van der Waals surface area contributed by atoms with Crippen LogP contribution in [0.2, 0.25) is 0 Å². The van der Waals surface area contributed by atoms with Crippen molar-refractivity contribution in [2.75, 3.05) is 13.2 Å².